The van der Waals surface area contributed by atoms with Crippen LogP contribution in [0.3, 0.4) is 0 Å². The number of nitro benzene ring substituents is 1. The number of benzene rings is 2. The van der Waals surface area contributed by atoms with Gasteiger partial charge in [-0.15, -0.1) is 11.8 Å². The summed E-state index contributed by atoms with van der Waals surface area (Å²) >= 11 is 1.30. The van der Waals surface area contributed by atoms with Crippen LogP contribution in [-0.2, 0) is 21.4 Å². The fraction of sp³-hybridized carbons (Fsp3) is 0.292. The Morgan fingerprint density at radius 2 is 1.94 bits per heavy atom. The van der Waals surface area contributed by atoms with Crippen LogP contribution in [0.25, 0.3) is 10.9 Å². The van der Waals surface area contributed by atoms with Gasteiger partial charge in [-0.1, -0.05) is 0 Å². The third-order valence-electron chi connectivity index (χ3n) is 5.82. The van der Waals surface area contributed by atoms with E-state index in [1.54, 1.807) is 37.3 Å². The summed E-state index contributed by atoms with van der Waals surface area (Å²) in [5.74, 6) is -0.742. The van der Waals surface area contributed by atoms with Crippen molar-refractivity contribution in [3.63, 3.8) is 0 Å². The predicted octanol–water partition coefficient (Wildman–Crippen LogP) is 3.26. The van der Waals surface area contributed by atoms with E-state index in [1.165, 1.54) is 28.9 Å². The number of hydrogen-bond acceptors (Lipinski definition) is 8. The molecule has 1 aliphatic rings. The third kappa shape index (κ3) is 4.85. The number of carbonyl (C=O) groups excluding carboxylic acids is 3. The second kappa shape index (κ2) is 10.3. The van der Waals surface area contributed by atoms with E-state index in [1.807, 2.05) is 18.5 Å². The van der Waals surface area contributed by atoms with E-state index in [0.717, 1.165) is 11.2 Å². The van der Waals surface area contributed by atoms with Gasteiger partial charge in [0.2, 0.25) is 0 Å². The number of aromatic nitrogens is 1. The van der Waals surface area contributed by atoms with E-state index in [9.17, 15) is 24.5 Å². The number of thioether (sulfide) groups is 1. The Balaban J connectivity index is 1.45. The zero-order chi connectivity index (χ0) is 26.0. The SMILES string of the molecule is CCOC(=O)c1c(C)n(C)c2ccc(OCC(=O)NN3C(=O)CSC3c3ccc([N+](=O)[O-])cc3)cc12. The number of non-ortho nitro benzene ring substituents is 1. The van der Waals surface area contributed by atoms with Gasteiger partial charge in [0.25, 0.3) is 17.5 Å². The molecular weight excluding hydrogens is 488 g/mol. The summed E-state index contributed by atoms with van der Waals surface area (Å²) in [5, 5.41) is 12.2. The van der Waals surface area contributed by atoms with Crippen molar-refractivity contribution >= 4 is 46.1 Å². The number of fused-ring (bicyclic) bond motifs is 1. The number of hydrazine groups is 1. The molecule has 1 aliphatic heterocycles. The molecule has 0 aliphatic carbocycles. The van der Waals surface area contributed by atoms with Gasteiger partial charge >= 0.3 is 5.97 Å². The van der Waals surface area contributed by atoms with Crippen molar-refractivity contribution < 1.29 is 28.8 Å². The van der Waals surface area contributed by atoms with Crippen LogP contribution in [0.4, 0.5) is 5.69 Å². The molecule has 0 spiro atoms. The van der Waals surface area contributed by atoms with Crippen LogP contribution in [0, 0.1) is 17.0 Å². The average Bonchev–Trinajstić information content (AvgIpc) is 3.34. The van der Waals surface area contributed by atoms with Crippen molar-refractivity contribution in [3.05, 3.63) is 69.4 Å². The van der Waals surface area contributed by atoms with E-state index in [-0.39, 0.29) is 30.6 Å². The molecule has 1 saturated heterocycles. The minimum Gasteiger partial charge on any atom is -0.484 e. The van der Waals surface area contributed by atoms with Gasteiger partial charge in [0.15, 0.2) is 6.61 Å². The highest BCUT2D eigenvalue weighted by Crippen LogP contribution is 2.37. The van der Waals surface area contributed by atoms with Crippen LogP contribution in [0.15, 0.2) is 42.5 Å². The molecule has 1 atom stereocenters. The van der Waals surface area contributed by atoms with E-state index >= 15 is 0 Å². The Labute approximate surface area is 210 Å². The first-order valence-electron chi connectivity index (χ1n) is 11.1. The molecule has 1 fully saturated rings. The molecule has 2 aromatic carbocycles. The highest BCUT2D eigenvalue weighted by atomic mass is 32.2. The van der Waals surface area contributed by atoms with Gasteiger partial charge in [-0.05, 0) is 49.7 Å². The van der Waals surface area contributed by atoms with Gasteiger partial charge in [-0.25, -0.2) is 9.80 Å². The Morgan fingerprint density at radius 1 is 1.22 bits per heavy atom. The number of esters is 1. The van der Waals surface area contributed by atoms with Crippen LogP contribution in [-0.4, -0.2) is 51.2 Å². The van der Waals surface area contributed by atoms with Gasteiger partial charge in [-0.2, -0.15) is 0 Å². The number of nitro groups is 1. The Kier molecular flexibility index (Phi) is 7.15. The Morgan fingerprint density at radius 3 is 2.61 bits per heavy atom. The van der Waals surface area contributed by atoms with Crippen molar-refractivity contribution in [2.75, 3.05) is 19.0 Å². The molecule has 188 valence electrons. The minimum absolute atomic E-state index is 0.0613. The van der Waals surface area contributed by atoms with Crippen LogP contribution >= 0.6 is 11.8 Å². The van der Waals surface area contributed by atoms with Crippen molar-refractivity contribution in [1.29, 1.82) is 0 Å². The van der Waals surface area contributed by atoms with Gasteiger partial charge in [-0.3, -0.25) is 25.1 Å². The predicted molar refractivity (Wildman–Crippen MR) is 132 cm³/mol. The van der Waals surface area contributed by atoms with Crippen molar-refractivity contribution in [3.8, 4) is 5.75 Å². The average molecular weight is 513 g/mol. The summed E-state index contributed by atoms with van der Waals surface area (Å²) in [6, 6.07) is 11.0. The molecule has 2 heterocycles. The van der Waals surface area contributed by atoms with E-state index in [2.05, 4.69) is 5.43 Å². The monoisotopic (exact) mass is 512 g/mol. The number of amides is 2. The fourth-order valence-corrected chi connectivity index (χ4v) is 5.08. The maximum absolute atomic E-state index is 12.6. The van der Waals surface area contributed by atoms with Crippen molar-refractivity contribution in [2.45, 2.75) is 19.2 Å². The van der Waals surface area contributed by atoms with E-state index in [0.29, 0.717) is 22.3 Å². The van der Waals surface area contributed by atoms with Gasteiger partial charge in [0.1, 0.15) is 11.1 Å². The lowest BCUT2D eigenvalue weighted by atomic mass is 10.1. The number of hydrogen-bond donors (Lipinski definition) is 1. The van der Waals surface area contributed by atoms with Crippen molar-refractivity contribution in [2.24, 2.45) is 7.05 Å². The molecular formula is C24H24N4O7S. The maximum atomic E-state index is 12.6. The summed E-state index contributed by atoms with van der Waals surface area (Å²) in [7, 11) is 1.85. The molecule has 2 amide bonds. The van der Waals surface area contributed by atoms with Crippen LogP contribution in [0.5, 0.6) is 5.75 Å². The standard InChI is InChI=1S/C24H24N4O7S/c1-4-34-24(31)22-14(2)26(3)19-10-9-17(11-18(19)22)35-12-20(29)25-27-21(30)13-36-23(27)15-5-7-16(8-6-15)28(32)33/h5-11,23H,4,12-13H2,1-3H3,(H,25,29). The highest BCUT2D eigenvalue weighted by molar-refractivity contribution is 8.00. The molecule has 1 N–H and O–H groups in total. The zero-order valence-electron chi connectivity index (χ0n) is 19.8. The topological polar surface area (TPSA) is 133 Å². The number of ether oxygens (including phenoxy) is 2. The molecule has 3 aromatic rings. The molecule has 11 nitrogen and oxygen atoms in total. The smallest absolute Gasteiger partial charge is 0.340 e. The highest BCUT2D eigenvalue weighted by Gasteiger charge is 2.34. The van der Waals surface area contributed by atoms with Gasteiger partial charge < -0.3 is 14.0 Å². The lowest BCUT2D eigenvalue weighted by molar-refractivity contribution is -0.384. The molecule has 4 rings (SSSR count). The molecule has 1 unspecified atom stereocenters. The number of rotatable bonds is 8. The largest absolute Gasteiger partial charge is 0.484 e. The van der Waals surface area contributed by atoms with Crippen LogP contribution < -0.4 is 10.2 Å². The second-order valence-corrected chi connectivity index (χ2v) is 9.09. The number of nitrogens with zero attached hydrogens (tertiary/aromatic N) is 3. The quantitative estimate of drug-likeness (QED) is 0.276. The first kappa shape index (κ1) is 25.0. The molecule has 36 heavy (non-hydrogen) atoms. The normalized spacial score (nSPS) is 15.2. The maximum Gasteiger partial charge on any atom is 0.340 e. The number of carbonyl (C=O) groups is 3. The second-order valence-electron chi connectivity index (χ2n) is 8.02. The molecule has 0 bridgehead atoms. The van der Waals surface area contributed by atoms with Crippen LogP contribution in [0.2, 0.25) is 0 Å². The molecule has 1 aromatic heterocycles. The number of aryl methyl sites for hydroxylation is 1. The zero-order valence-corrected chi connectivity index (χ0v) is 20.7. The summed E-state index contributed by atoms with van der Waals surface area (Å²) in [6.07, 6.45) is 0. The summed E-state index contributed by atoms with van der Waals surface area (Å²) < 4.78 is 12.7. The van der Waals surface area contributed by atoms with E-state index < -0.39 is 22.2 Å². The molecule has 0 radical (unpaired) electrons. The van der Waals surface area contributed by atoms with Crippen LogP contribution in [0.1, 0.15) is 33.9 Å². The lowest BCUT2D eigenvalue weighted by Crippen LogP contribution is -2.46. The molecule has 0 saturated carbocycles. The Bertz CT molecular complexity index is 1350. The third-order valence-corrected chi connectivity index (χ3v) is 7.03. The lowest BCUT2D eigenvalue weighted by Gasteiger charge is -2.24. The van der Waals surface area contributed by atoms with Crippen molar-refractivity contribution in [1.82, 2.24) is 15.0 Å². The summed E-state index contributed by atoms with van der Waals surface area (Å²) in [4.78, 5) is 47.9. The van der Waals surface area contributed by atoms with Gasteiger partial charge in [0.05, 0.1) is 22.8 Å². The first-order valence-corrected chi connectivity index (χ1v) is 12.1. The van der Waals surface area contributed by atoms with Gasteiger partial charge in [0, 0.05) is 35.8 Å². The fourth-order valence-electron chi connectivity index (χ4n) is 3.97. The van der Waals surface area contributed by atoms with E-state index in [4.69, 9.17) is 9.47 Å². The molecule has 12 heteroatoms. The first-order chi connectivity index (χ1) is 17.2. The Hall–Kier alpha value is -4.06. The summed E-state index contributed by atoms with van der Waals surface area (Å²) in [6.45, 7) is 3.45. The minimum atomic E-state index is -0.548. The summed E-state index contributed by atoms with van der Waals surface area (Å²) in [5.41, 5.74) is 5.16. The number of nitrogens with one attached hydrogen (secondary N) is 1.